The molecule has 1 atom stereocenters. The van der Waals surface area contributed by atoms with Crippen LogP contribution in [-0.4, -0.2) is 15.1 Å². The van der Waals surface area contributed by atoms with Crippen molar-refractivity contribution < 1.29 is 9.50 Å². The van der Waals surface area contributed by atoms with E-state index in [1.54, 1.807) is 31.5 Å². The number of aliphatic hydroxyl groups is 1. The van der Waals surface area contributed by atoms with Crippen molar-refractivity contribution in [3.05, 3.63) is 59.9 Å². The summed E-state index contributed by atoms with van der Waals surface area (Å²) < 4.78 is 12.7. The maximum atomic E-state index is 12.7. The SMILES string of the molecule is CC(O)(c1cccnc1)c1ccc(F)cn1. The molecule has 1 unspecified atom stereocenters. The van der Waals surface area contributed by atoms with E-state index in [0.29, 0.717) is 11.3 Å². The van der Waals surface area contributed by atoms with E-state index in [4.69, 9.17) is 0 Å². The van der Waals surface area contributed by atoms with Gasteiger partial charge in [0.05, 0.1) is 11.9 Å². The highest BCUT2D eigenvalue weighted by atomic mass is 19.1. The Balaban J connectivity index is 2.43. The summed E-state index contributed by atoms with van der Waals surface area (Å²) in [7, 11) is 0. The smallest absolute Gasteiger partial charge is 0.141 e. The van der Waals surface area contributed by atoms with E-state index in [1.165, 1.54) is 12.1 Å². The molecule has 0 bridgehead atoms. The molecule has 2 rings (SSSR count). The molecule has 3 nitrogen and oxygen atoms in total. The number of hydrogen-bond donors (Lipinski definition) is 1. The first-order valence-corrected chi connectivity index (χ1v) is 4.85. The zero-order chi connectivity index (χ0) is 11.6. The summed E-state index contributed by atoms with van der Waals surface area (Å²) in [6.07, 6.45) is 4.27. The molecule has 2 aromatic rings. The Morgan fingerprint density at radius 2 is 2.06 bits per heavy atom. The van der Waals surface area contributed by atoms with Gasteiger partial charge < -0.3 is 5.11 Å². The third-order valence-electron chi connectivity index (χ3n) is 2.45. The normalized spacial score (nSPS) is 14.4. The lowest BCUT2D eigenvalue weighted by molar-refractivity contribution is 0.0969. The largest absolute Gasteiger partial charge is 0.379 e. The number of halogens is 1. The van der Waals surface area contributed by atoms with Gasteiger partial charge >= 0.3 is 0 Å². The van der Waals surface area contributed by atoms with E-state index in [0.717, 1.165) is 6.20 Å². The zero-order valence-electron chi connectivity index (χ0n) is 8.76. The lowest BCUT2D eigenvalue weighted by Crippen LogP contribution is -2.24. The summed E-state index contributed by atoms with van der Waals surface area (Å²) in [6, 6.07) is 6.21. The quantitative estimate of drug-likeness (QED) is 0.837. The van der Waals surface area contributed by atoms with E-state index in [9.17, 15) is 9.50 Å². The molecule has 0 aliphatic heterocycles. The number of rotatable bonds is 2. The first kappa shape index (κ1) is 10.7. The lowest BCUT2D eigenvalue weighted by atomic mass is 9.93. The van der Waals surface area contributed by atoms with Gasteiger partial charge in [0.1, 0.15) is 11.4 Å². The summed E-state index contributed by atoms with van der Waals surface area (Å²) in [5, 5.41) is 10.3. The van der Waals surface area contributed by atoms with Crippen molar-refractivity contribution in [2.45, 2.75) is 12.5 Å². The van der Waals surface area contributed by atoms with Crippen LogP contribution in [0.5, 0.6) is 0 Å². The van der Waals surface area contributed by atoms with Gasteiger partial charge in [0.25, 0.3) is 0 Å². The van der Waals surface area contributed by atoms with Crippen molar-refractivity contribution in [3.8, 4) is 0 Å². The first-order chi connectivity index (χ1) is 7.60. The van der Waals surface area contributed by atoms with Crippen molar-refractivity contribution in [2.75, 3.05) is 0 Å². The summed E-state index contributed by atoms with van der Waals surface area (Å²) in [4.78, 5) is 7.81. The van der Waals surface area contributed by atoms with Crippen LogP contribution in [0.25, 0.3) is 0 Å². The molecule has 0 amide bonds. The Morgan fingerprint density at radius 3 is 2.62 bits per heavy atom. The average molecular weight is 218 g/mol. The predicted octanol–water partition coefficient (Wildman–Crippen LogP) is 1.87. The van der Waals surface area contributed by atoms with Gasteiger partial charge in [0.15, 0.2) is 0 Å². The Morgan fingerprint density at radius 1 is 1.25 bits per heavy atom. The molecule has 0 saturated heterocycles. The maximum absolute atomic E-state index is 12.7. The van der Waals surface area contributed by atoms with Crippen molar-refractivity contribution in [1.82, 2.24) is 9.97 Å². The molecule has 0 aliphatic rings. The summed E-state index contributed by atoms with van der Waals surface area (Å²) in [5.41, 5.74) is -0.252. The molecule has 0 spiro atoms. The predicted molar refractivity (Wildman–Crippen MR) is 57.1 cm³/mol. The van der Waals surface area contributed by atoms with Crippen LogP contribution in [0.3, 0.4) is 0 Å². The molecule has 4 heteroatoms. The molecule has 0 aromatic carbocycles. The van der Waals surface area contributed by atoms with Crippen LogP contribution in [0, 0.1) is 5.82 Å². The lowest BCUT2D eigenvalue weighted by Gasteiger charge is -2.22. The molecule has 1 N–H and O–H groups in total. The monoisotopic (exact) mass is 218 g/mol. The minimum Gasteiger partial charge on any atom is -0.379 e. The van der Waals surface area contributed by atoms with Gasteiger partial charge in [0, 0.05) is 18.0 Å². The van der Waals surface area contributed by atoms with Crippen LogP contribution < -0.4 is 0 Å². The minimum absolute atomic E-state index is 0.391. The van der Waals surface area contributed by atoms with Gasteiger partial charge in [-0.1, -0.05) is 6.07 Å². The van der Waals surface area contributed by atoms with Gasteiger partial charge in [0.2, 0.25) is 0 Å². The number of pyridine rings is 2. The fourth-order valence-electron chi connectivity index (χ4n) is 1.46. The Labute approximate surface area is 92.6 Å². The topological polar surface area (TPSA) is 46.0 Å². The third kappa shape index (κ3) is 1.92. The molecular weight excluding hydrogens is 207 g/mol. The fourth-order valence-corrected chi connectivity index (χ4v) is 1.46. The van der Waals surface area contributed by atoms with Crippen molar-refractivity contribution in [2.24, 2.45) is 0 Å². The van der Waals surface area contributed by atoms with E-state index < -0.39 is 11.4 Å². The van der Waals surface area contributed by atoms with E-state index in [-0.39, 0.29) is 0 Å². The maximum Gasteiger partial charge on any atom is 0.141 e. The minimum atomic E-state index is -1.26. The van der Waals surface area contributed by atoms with E-state index in [2.05, 4.69) is 9.97 Å². The number of nitrogens with zero attached hydrogens (tertiary/aromatic N) is 2. The average Bonchev–Trinajstić information content (AvgIpc) is 2.31. The van der Waals surface area contributed by atoms with Gasteiger partial charge in [-0.15, -0.1) is 0 Å². The molecule has 2 heterocycles. The second kappa shape index (κ2) is 3.98. The van der Waals surface area contributed by atoms with Gasteiger partial charge in [-0.2, -0.15) is 0 Å². The molecular formula is C12H11FN2O. The van der Waals surface area contributed by atoms with Gasteiger partial charge in [-0.05, 0) is 25.1 Å². The number of hydrogen-bond acceptors (Lipinski definition) is 3. The molecule has 16 heavy (non-hydrogen) atoms. The molecule has 0 aliphatic carbocycles. The van der Waals surface area contributed by atoms with Crippen LogP contribution in [0.2, 0.25) is 0 Å². The Bertz CT molecular complexity index is 468. The second-order valence-corrected chi connectivity index (χ2v) is 3.68. The number of aromatic nitrogens is 2. The van der Waals surface area contributed by atoms with E-state index >= 15 is 0 Å². The van der Waals surface area contributed by atoms with Crippen LogP contribution in [0.4, 0.5) is 4.39 Å². The molecule has 82 valence electrons. The van der Waals surface area contributed by atoms with Gasteiger partial charge in [-0.3, -0.25) is 9.97 Å². The standard InChI is InChI=1S/C12H11FN2O/c1-12(16,9-3-2-6-14-7-9)11-5-4-10(13)8-15-11/h2-8,16H,1H3. The van der Waals surface area contributed by atoms with Crippen molar-refractivity contribution in [1.29, 1.82) is 0 Å². The molecule has 0 radical (unpaired) electrons. The van der Waals surface area contributed by atoms with Crippen molar-refractivity contribution in [3.63, 3.8) is 0 Å². The summed E-state index contributed by atoms with van der Waals surface area (Å²) in [5.74, 6) is -0.425. The van der Waals surface area contributed by atoms with Gasteiger partial charge in [-0.25, -0.2) is 4.39 Å². The fraction of sp³-hybridized carbons (Fsp3) is 0.167. The third-order valence-corrected chi connectivity index (χ3v) is 2.45. The summed E-state index contributed by atoms with van der Waals surface area (Å²) in [6.45, 7) is 1.60. The zero-order valence-corrected chi connectivity index (χ0v) is 8.76. The Hall–Kier alpha value is -1.81. The molecule has 0 fully saturated rings. The molecule has 0 saturated carbocycles. The molecule has 2 aromatic heterocycles. The summed E-state index contributed by atoms with van der Waals surface area (Å²) >= 11 is 0. The van der Waals surface area contributed by atoms with Crippen LogP contribution in [0.1, 0.15) is 18.2 Å². The van der Waals surface area contributed by atoms with Crippen LogP contribution in [0.15, 0.2) is 42.9 Å². The van der Waals surface area contributed by atoms with Crippen LogP contribution >= 0.6 is 0 Å². The van der Waals surface area contributed by atoms with Crippen molar-refractivity contribution >= 4 is 0 Å². The van der Waals surface area contributed by atoms with E-state index in [1.807, 2.05) is 0 Å². The second-order valence-electron chi connectivity index (χ2n) is 3.68. The van der Waals surface area contributed by atoms with Crippen LogP contribution in [-0.2, 0) is 5.60 Å². The first-order valence-electron chi connectivity index (χ1n) is 4.85. The highest BCUT2D eigenvalue weighted by Gasteiger charge is 2.27. The Kier molecular flexibility index (Phi) is 2.66. The highest BCUT2D eigenvalue weighted by Crippen LogP contribution is 2.26. The highest BCUT2D eigenvalue weighted by molar-refractivity contribution is 5.28.